The molecule has 1 amide bonds. The van der Waals surface area contributed by atoms with E-state index in [1.54, 1.807) is 12.1 Å². The number of ketones is 1. The lowest BCUT2D eigenvalue weighted by Crippen LogP contribution is -2.43. The van der Waals surface area contributed by atoms with Gasteiger partial charge in [-0.15, -0.1) is 0 Å². The molecule has 1 unspecified atom stereocenters. The summed E-state index contributed by atoms with van der Waals surface area (Å²) in [5, 5.41) is 11.5. The van der Waals surface area contributed by atoms with E-state index in [4.69, 9.17) is 10.8 Å². The summed E-state index contributed by atoms with van der Waals surface area (Å²) in [7, 11) is 0. The molecule has 1 aromatic rings. The number of hydrogen-bond acceptors (Lipinski definition) is 4. The molecule has 6 heteroatoms. The van der Waals surface area contributed by atoms with E-state index in [0.29, 0.717) is 12.8 Å². The van der Waals surface area contributed by atoms with E-state index >= 15 is 0 Å². The molecule has 2 rings (SSSR count). The molecule has 0 fully saturated rings. The van der Waals surface area contributed by atoms with Crippen LogP contribution >= 0.6 is 0 Å². The first-order valence-corrected chi connectivity index (χ1v) is 6.43. The van der Waals surface area contributed by atoms with Gasteiger partial charge in [-0.25, -0.2) is 4.79 Å². The van der Waals surface area contributed by atoms with E-state index in [2.05, 4.69) is 5.32 Å². The molecule has 0 spiro atoms. The van der Waals surface area contributed by atoms with Crippen molar-refractivity contribution >= 4 is 17.7 Å². The Morgan fingerprint density at radius 2 is 1.85 bits per heavy atom. The molecule has 0 saturated carbocycles. The third-order valence-electron chi connectivity index (χ3n) is 3.39. The van der Waals surface area contributed by atoms with Crippen LogP contribution < -0.4 is 11.1 Å². The van der Waals surface area contributed by atoms with Gasteiger partial charge in [-0.05, 0) is 25.3 Å². The van der Waals surface area contributed by atoms with Gasteiger partial charge in [-0.3, -0.25) is 9.59 Å². The van der Waals surface area contributed by atoms with Crippen LogP contribution in [0.3, 0.4) is 0 Å². The topological polar surface area (TPSA) is 109 Å². The zero-order valence-electron chi connectivity index (χ0n) is 10.8. The van der Waals surface area contributed by atoms with Gasteiger partial charge in [0.15, 0.2) is 5.78 Å². The molecule has 20 heavy (non-hydrogen) atoms. The molecular formula is C14H16N2O4. The number of nitrogens with two attached hydrogens (primary N) is 1. The maximum atomic E-state index is 12.2. The minimum absolute atomic E-state index is 0.168. The summed E-state index contributed by atoms with van der Waals surface area (Å²) < 4.78 is 0. The summed E-state index contributed by atoms with van der Waals surface area (Å²) in [6.07, 6.45) is 1.11. The van der Waals surface area contributed by atoms with Crippen LogP contribution in [0.4, 0.5) is 0 Å². The number of carbonyl (C=O) groups is 3. The molecule has 1 aliphatic heterocycles. The Morgan fingerprint density at radius 1 is 1.20 bits per heavy atom. The van der Waals surface area contributed by atoms with Crippen LogP contribution in [-0.2, 0) is 4.79 Å². The molecule has 4 N–H and O–H groups in total. The SMILES string of the molecule is NC1CCC[C@@H](C(=O)O)NC(=O)c2ccccc2C1=O. The zero-order valence-corrected chi connectivity index (χ0v) is 10.8. The lowest BCUT2D eigenvalue weighted by Gasteiger charge is -2.20. The summed E-state index contributed by atoms with van der Waals surface area (Å²) in [5.74, 6) is -1.93. The van der Waals surface area contributed by atoms with Crippen molar-refractivity contribution in [1.29, 1.82) is 0 Å². The Labute approximate surface area is 116 Å². The van der Waals surface area contributed by atoms with Crippen LogP contribution in [0.25, 0.3) is 0 Å². The summed E-state index contributed by atoms with van der Waals surface area (Å²) in [6, 6.07) is 4.63. The monoisotopic (exact) mass is 276 g/mol. The van der Waals surface area contributed by atoms with Gasteiger partial charge in [0.25, 0.3) is 5.91 Å². The predicted molar refractivity (Wildman–Crippen MR) is 71.5 cm³/mol. The van der Waals surface area contributed by atoms with Crippen molar-refractivity contribution in [3.05, 3.63) is 35.4 Å². The van der Waals surface area contributed by atoms with Crippen molar-refractivity contribution in [2.45, 2.75) is 31.3 Å². The Kier molecular flexibility index (Phi) is 4.14. The first-order valence-electron chi connectivity index (χ1n) is 6.43. The van der Waals surface area contributed by atoms with E-state index in [-0.39, 0.29) is 23.3 Å². The van der Waals surface area contributed by atoms with Crippen molar-refractivity contribution in [2.75, 3.05) is 0 Å². The van der Waals surface area contributed by atoms with Gasteiger partial charge in [0.2, 0.25) is 0 Å². The van der Waals surface area contributed by atoms with Gasteiger partial charge < -0.3 is 16.2 Å². The standard InChI is InChI=1S/C14H16N2O4/c15-10-6-3-7-11(14(19)20)16-13(18)9-5-2-1-4-8(9)12(10)17/h1-2,4-5,10-11H,3,6-7,15H2,(H,16,18)(H,19,20)/t10?,11-/m0/s1. The molecule has 1 heterocycles. The highest BCUT2D eigenvalue weighted by Gasteiger charge is 2.27. The van der Waals surface area contributed by atoms with Crippen molar-refractivity contribution in [1.82, 2.24) is 5.32 Å². The number of carbonyl (C=O) groups excluding carboxylic acids is 2. The number of hydrogen-bond donors (Lipinski definition) is 3. The number of carboxylic acid groups (broad SMARTS) is 1. The molecule has 1 aromatic carbocycles. The highest BCUT2D eigenvalue weighted by Crippen LogP contribution is 2.16. The molecule has 1 aliphatic rings. The Morgan fingerprint density at radius 3 is 2.50 bits per heavy atom. The third kappa shape index (κ3) is 2.85. The minimum Gasteiger partial charge on any atom is -0.480 e. The lowest BCUT2D eigenvalue weighted by atomic mass is 9.93. The van der Waals surface area contributed by atoms with Crippen LogP contribution in [0.2, 0.25) is 0 Å². The summed E-state index contributed by atoms with van der Waals surface area (Å²) in [4.78, 5) is 35.4. The Bertz CT molecular complexity index is 556. The molecule has 0 aliphatic carbocycles. The fourth-order valence-electron chi connectivity index (χ4n) is 2.26. The fourth-order valence-corrected chi connectivity index (χ4v) is 2.26. The molecule has 0 aromatic heterocycles. The first-order chi connectivity index (χ1) is 9.50. The van der Waals surface area contributed by atoms with Crippen molar-refractivity contribution in [2.24, 2.45) is 5.73 Å². The number of benzene rings is 1. The average Bonchev–Trinajstić information content (AvgIpc) is 2.44. The second kappa shape index (κ2) is 5.83. The van der Waals surface area contributed by atoms with Crippen LogP contribution in [0.1, 0.15) is 40.0 Å². The summed E-state index contributed by atoms with van der Waals surface area (Å²) in [5.41, 5.74) is 6.23. The summed E-state index contributed by atoms with van der Waals surface area (Å²) in [6.45, 7) is 0. The van der Waals surface area contributed by atoms with Gasteiger partial charge in [-0.2, -0.15) is 0 Å². The maximum absolute atomic E-state index is 12.2. The molecule has 0 bridgehead atoms. The third-order valence-corrected chi connectivity index (χ3v) is 3.39. The number of Topliss-reactive ketones (excluding diaryl/α,β-unsaturated/α-hetero) is 1. The molecular weight excluding hydrogens is 260 g/mol. The fraction of sp³-hybridized carbons (Fsp3) is 0.357. The van der Waals surface area contributed by atoms with Crippen LogP contribution in [0, 0.1) is 0 Å². The second-order valence-corrected chi connectivity index (χ2v) is 4.81. The number of carboxylic acids is 1. The van der Waals surface area contributed by atoms with Gasteiger partial charge in [0.05, 0.1) is 11.6 Å². The molecule has 2 atom stereocenters. The predicted octanol–water partition coefficient (Wildman–Crippen LogP) is 0.563. The zero-order chi connectivity index (χ0) is 14.7. The maximum Gasteiger partial charge on any atom is 0.326 e. The van der Waals surface area contributed by atoms with Gasteiger partial charge in [0.1, 0.15) is 6.04 Å². The molecule has 0 saturated heterocycles. The Balaban J connectivity index is 2.41. The highest BCUT2D eigenvalue weighted by atomic mass is 16.4. The van der Waals surface area contributed by atoms with Crippen LogP contribution in [-0.4, -0.2) is 34.8 Å². The minimum atomic E-state index is -1.09. The van der Waals surface area contributed by atoms with Gasteiger partial charge >= 0.3 is 5.97 Å². The molecule has 0 radical (unpaired) electrons. The van der Waals surface area contributed by atoms with E-state index in [1.165, 1.54) is 12.1 Å². The van der Waals surface area contributed by atoms with Crippen LogP contribution in [0.5, 0.6) is 0 Å². The number of nitrogens with one attached hydrogen (secondary N) is 1. The quantitative estimate of drug-likeness (QED) is 0.694. The summed E-state index contributed by atoms with van der Waals surface area (Å²) >= 11 is 0. The normalized spacial score (nSPS) is 23.6. The number of rotatable bonds is 1. The largest absolute Gasteiger partial charge is 0.480 e. The highest BCUT2D eigenvalue weighted by molar-refractivity contribution is 6.10. The van der Waals surface area contributed by atoms with Crippen molar-refractivity contribution < 1.29 is 19.5 Å². The Hall–Kier alpha value is -2.21. The van der Waals surface area contributed by atoms with E-state index in [1.807, 2.05) is 0 Å². The lowest BCUT2D eigenvalue weighted by molar-refractivity contribution is -0.139. The van der Waals surface area contributed by atoms with Crippen molar-refractivity contribution in [3.8, 4) is 0 Å². The number of amides is 1. The van der Waals surface area contributed by atoms with E-state index in [0.717, 1.165) is 0 Å². The average molecular weight is 276 g/mol. The molecule has 106 valence electrons. The van der Waals surface area contributed by atoms with Crippen LogP contribution in [0.15, 0.2) is 24.3 Å². The first kappa shape index (κ1) is 14.2. The smallest absolute Gasteiger partial charge is 0.326 e. The van der Waals surface area contributed by atoms with Crippen molar-refractivity contribution in [3.63, 3.8) is 0 Å². The van der Waals surface area contributed by atoms with Gasteiger partial charge in [-0.1, -0.05) is 18.2 Å². The van der Waals surface area contributed by atoms with Gasteiger partial charge in [0, 0.05) is 5.56 Å². The molecule has 6 nitrogen and oxygen atoms in total. The number of fused-ring (bicyclic) bond motifs is 1. The van der Waals surface area contributed by atoms with E-state index < -0.39 is 24.0 Å². The second-order valence-electron chi connectivity index (χ2n) is 4.81. The number of aliphatic carboxylic acids is 1. The van der Waals surface area contributed by atoms with E-state index in [9.17, 15) is 14.4 Å².